The van der Waals surface area contributed by atoms with E-state index in [0.717, 1.165) is 17.0 Å². The van der Waals surface area contributed by atoms with Crippen molar-refractivity contribution in [3.05, 3.63) is 35.8 Å². The highest BCUT2D eigenvalue weighted by Crippen LogP contribution is 2.24. The average molecular weight is 278 g/mol. The van der Waals surface area contributed by atoms with Crippen molar-refractivity contribution in [1.29, 1.82) is 0 Å². The van der Waals surface area contributed by atoms with Crippen LogP contribution < -0.4 is 5.73 Å². The fourth-order valence-corrected chi connectivity index (χ4v) is 2.60. The Morgan fingerprint density at radius 1 is 1.58 bits per heavy atom. The van der Waals surface area contributed by atoms with E-state index >= 15 is 0 Å². The number of rotatable bonds is 5. The van der Waals surface area contributed by atoms with Crippen molar-refractivity contribution in [3.63, 3.8) is 0 Å². The SMILES string of the molecule is Cc1nc2ccccn2c1C(C(N)=S)N(C)CCO. The van der Waals surface area contributed by atoms with Gasteiger partial charge in [0.1, 0.15) is 11.7 Å². The van der Waals surface area contributed by atoms with Crippen LogP contribution in [0.4, 0.5) is 0 Å². The molecular formula is C13H18N4OS. The van der Waals surface area contributed by atoms with Crippen molar-refractivity contribution in [2.45, 2.75) is 13.0 Å². The van der Waals surface area contributed by atoms with Crippen LogP contribution in [0.1, 0.15) is 17.4 Å². The van der Waals surface area contributed by atoms with E-state index in [4.69, 9.17) is 23.1 Å². The maximum Gasteiger partial charge on any atom is 0.137 e. The number of hydrogen-bond acceptors (Lipinski definition) is 4. The summed E-state index contributed by atoms with van der Waals surface area (Å²) >= 11 is 5.19. The number of aliphatic hydroxyl groups excluding tert-OH is 1. The van der Waals surface area contributed by atoms with Gasteiger partial charge < -0.3 is 15.2 Å². The van der Waals surface area contributed by atoms with Gasteiger partial charge in [0.2, 0.25) is 0 Å². The Morgan fingerprint density at radius 2 is 2.32 bits per heavy atom. The molecule has 5 nitrogen and oxygen atoms in total. The minimum atomic E-state index is -0.237. The molecule has 0 fully saturated rings. The Kier molecular flexibility index (Phi) is 4.14. The summed E-state index contributed by atoms with van der Waals surface area (Å²) in [6.45, 7) is 2.51. The van der Waals surface area contributed by atoms with Gasteiger partial charge in [-0.2, -0.15) is 0 Å². The molecule has 0 amide bonds. The summed E-state index contributed by atoms with van der Waals surface area (Å²) in [5.74, 6) is 0. The first kappa shape index (κ1) is 13.9. The van der Waals surface area contributed by atoms with Gasteiger partial charge >= 0.3 is 0 Å². The molecule has 1 unspecified atom stereocenters. The van der Waals surface area contributed by atoms with E-state index in [2.05, 4.69) is 4.98 Å². The Morgan fingerprint density at radius 3 is 2.95 bits per heavy atom. The minimum Gasteiger partial charge on any atom is -0.395 e. The highest BCUT2D eigenvalue weighted by atomic mass is 32.1. The van der Waals surface area contributed by atoms with Crippen LogP contribution in [0.15, 0.2) is 24.4 Å². The first-order chi connectivity index (χ1) is 9.06. The van der Waals surface area contributed by atoms with Crippen LogP contribution in [0.25, 0.3) is 5.65 Å². The molecule has 0 aliphatic rings. The van der Waals surface area contributed by atoms with E-state index in [0.29, 0.717) is 11.5 Å². The first-order valence-electron chi connectivity index (χ1n) is 6.10. The summed E-state index contributed by atoms with van der Waals surface area (Å²) in [7, 11) is 1.89. The Labute approximate surface area is 117 Å². The van der Waals surface area contributed by atoms with E-state index in [1.54, 1.807) is 0 Å². The number of pyridine rings is 1. The molecule has 0 aliphatic carbocycles. The van der Waals surface area contributed by atoms with Crippen LogP contribution in [-0.4, -0.2) is 44.6 Å². The van der Waals surface area contributed by atoms with E-state index in [-0.39, 0.29) is 12.6 Å². The van der Waals surface area contributed by atoms with Crippen LogP contribution in [-0.2, 0) is 0 Å². The number of imidazole rings is 1. The number of nitrogens with zero attached hydrogens (tertiary/aromatic N) is 3. The number of hydrogen-bond donors (Lipinski definition) is 2. The fourth-order valence-electron chi connectivity index (χ4n) is 2.31. The van der Waals surface area contributed by atoms with Crippen molar-refractivity contribution in [2.24, 2.45) is 5.73 Å². The fraction of sp³-hybridized carbons (Fsp3) is 0.385. The van der Waals surface area contributed by atoms with Crippen molar-refractivity contribution < 1.29 is 5.11 Å². The van der Waals surface area contributed by atoms with Crippen molar-refractivity contribution in [3.8, 4) is 0 Å². The molecule has 2 aromatic heterocycles. The molecule has 0 spiro atoms. The van der Waals surface area contributed by atoms with E-state index in [1.807, 2.05) is 47.7 Å². The number of fused-ring (bicyclic) bond motifs is 1. The van der Waals surface area contributed by atoms with Gasteiger partial charge in [0, 0.05) is 12.7 Å². The highest BCUT2D eigenvalue weighted by molar-refractivity contribution is 7.80. The van der Waals surface area contributed by atoms with Gasteiger partial charge in [0.25, 0.3) is 0 Å². The molecule has 1 atom stereocenters. The van der Waals surface area contributed by atoms with Crippen LogP contribution in [0.5, 0.6) is 0 Å². The normalized spacial score (nSPS) is 13.1. The molecule has 102 valence electrons. The van der Waals surface area contributed by atoms with Crippen molar-refractivity contribution >= 4 is 22.9 Å². The number of likely N-dealkylation sites (N-methyl/N-ethyl adjacent to an activating group) is 1. The maximum absolute atomic E-state index is 9.10. The van der Waals surface area contributed by atoms with Crippen LogP contribution in [0.2, 0.25) is 0 Å². The summed E-state index contributed by atoms with van der Waals surface area (Å²) in [6, 6.07) is 5.60. The molecule has 3 N–H and O–H groups in total. The zero-order chi connectivity index (χ0) is 14.0. The zero-order valence-electron chi connectivity index (χ0n) is 11.1. The van der Waals surface area contributed by atoms with Crippen molar-refractivity contribution in [1.82, 2.24) is 14.3 Å². The molecule has 0 radical (unpaired) electrons. The third kappa shape index (κ3) is 2.60. The van der Waals surface area contributed by atoms with Gasteiger partial charge in [0.05, 0.1) is 23.0 Å². The minimum absolute atomic E-state index is 0.0609. The Hall–Kier alpha value is -1.50. The van der Waals surface area contributed by atoms with Crippen LogP contribution in [0, 0.1) is 6.92 Å². The number of nitrogens with two attached hydrogens (primary N) is 1. The van der Waals surface area contributed by atoms with E-state index in [1.165, 1.54) is 0 Å². The van der Waals surface area contributed by atoms with E-state index < -0.39 is 0 Å². The molecule has 0 saturated heterocycles. The molecule has 0 aromatic carbocycles. The third-order valence-corrected chi connectivity index (χ3v) is 3.40. The quantitative estimate of drug-likeness (QED) is 0.795. The lowest BCUT2D eigenvalue weighted by Gasteiger charge is -2.26. The monoisotopic (exact) mass is 278 g/mol. The lowest BCUT2D eigenvalue weighted by Crippen LogP contribution is -2.37. The standard InChI is InChI=1S/C13H18N4OS/c1-9-11(12(13(14)19)16(2)7-8-18)17-6-4-3-5-10(17)15-9/h3-6,12,18H,7-8H2,1-2H3,(H2,14,19). The lowest BCUT2D eigenvalue weighted by molar-refractivity contribution is 0.205. The van der Waals surface area contributed by atoms with Gasteiger partial charge in [-0.25, -0.2) is 4.98 Å². The molecule has 6 heteroatoms. The first-order valence-corrected chi connectivity index (χ1v) is 6.51. The molecule has 2 heterocycles. The molecule has 2 rings (SSSR count). The van der Waals surface area contributed by atoms with Gasteiger partial charge in [0.15, 0.2) is 0 Å². The molecule has 0 bridgehead atoms. The molecule has 2 aromatic rings. The third-order valence-electron chi connectivity index (χ3n) is 3.17. The largest absolute Gasteiger partial charge is 0.395 e. The zero-order valence-corrected chi connectivity index (χ0v) is 11.9. The summed E-state index contributed by atoms with van der Waals surface area (Å²) in [5.41, 5.74) is 8.61. The second-order valence-corrected chi connectivity index (χ2v) is 4.99. The predicted molar refractivity (Wildman–Crippen MR) is 79.2 cm³/mol. The Bertz CT molecular complexity index is 595. The molecular weight excluding hydrogens is 260 g/mol. The number of aromatic nitrogens is 2. The summed E-state index contributed by atoms with van der Waals surface area (Å²) < 4.78 is 1.99. The number of thiocarbonyl (C=S) groups is 1. The Balaban J connectivity index is 2.56. The van der Waals surface area contributed by atoms with Gasteiger partial charge in [-0.1, -0.05) is 18.3 Å². The van der Waals surface area contributed by atoms with Crippen LogP contribution in [0.3, 0.4) is 0 Å². The topological polar surface area (TPSA) is 66.8 Å². The lowest BCUT2D eigenvalue weighted by atomic mass is 10.1. The van der Waals surface area contributed by atoms with Gasteiger partial charge in [-0.3, -0.25) is 4.90 Å². The van der Waals surface area contributed by atoms with Gasteiger partial charge in [-0.15, -0.1) is 0 Å². The van der Waals surface area contributed by atoms with Crippen LogP contribution >= 0.6 is 12.2 Å². The second-order valence-electron chi connectivity index (χ2n) is 4.52. The predicted octanol–water partition coefficient (Wildman–Crippen LogP) is 0.894. The molecule has 19 heavy (non-hydrogen) atoms. The summed E-state index contributed by atoms with van der Waals surface area (Å²) in [5, 5.41) is 9.10. The second kappa shape index (κ2) is 5.64. The smallest absolute Gasteiger partial charge is 0.137 e. The highest BCUT2D eigenvalue weighted by Gasteiger charge is 2.25. The molecule has 0 aliphatic heterocycles. The summed E-state index contributed by atoms with van der Waals surface area (Å²) in [6.07, 6.45) is 1.95. The average Bonchev–Trinajstić information content (AvgIpc) is 2.67. The molecule has 0 saturated carbocycles. The van der Waals surface area contributed by atoms with Gasteiger partial charge in [-0.05, 0) is 26.1 Å². The number of aliphatic hydroxyl groups is 1. The maximum atomic E-state index is 9.10. The summed E-state index contributed by atoms with van der Waals surface area (Å²) in [4.78, 5) is 6.83. The van der Waals surface area contributed by atoms with E-state index in [9.17, 15) is 0 Å². The van der Waals surface area contributed by atoms with Crippen molar-refractivity contribution in [2.75, 3.05) is 20.2 Å². The number of aryl methyl sites for hydroxylation is 1.